The lowest BCUT2D eigenvalue weighted by Gasteiger charge is -2.14. The highest BCUT2D eigenvalue weighted by Gasteiger charge is 2.17. The second kappa shape index (κ2) is 6.34. The maximum absolute atomic E-state index is 13.2. The molecule has 0 saturated carbocycles. The Morgan fingerprint density at radius 2 is 1.95 bits per heavy atom. The molecule has 1 aromatic carbocycles. The van der Waals surface area contributed by atoms with Crippen LogP contribution in [0.1, 0.15) is 32.4 Å². The summed E-state index contributed by atoms with van der Waals surface area (Å²) in [5.74, 6) is -0.236. The van der Waals surface area contributed by atoms with Gasteiger partial charge >= 0.3 is 0 Å². The van der Waals surface area contributed by atoms with Crippen LogP contribution in [0.2, 0.25) is 0 Å². The summed E-state index contributed by atoms with van der Waals surface area (Å²) in [6.07, 6.45) is 0. The van der Waals surface area contributed by atoms with E-state index in [1.165, 1.54) is 12.1 Å². The molecule has 19 heavy (non-hydrogen) atoms. The lowest BCUT2D eigenvalue weighted by molar-refractivity contribution is 0.333. The zero-order chi connectivity index (χ0) is 14.6. The van der Waals surface area contributed by atoms with Crippen molar-refractivity contribution in [1.29, 1.82) is 0 Å². The van der Waals surface area contributed by atoms with Crippen molar-refractivity contribution in [3.05, 3.63) is 29.6 Å². The minimum absolute atomic E-state index is 0.0102. The smallest absolute Gasteiger partial charge is 0.155 e. The number of rotatable bonds is 6. The molecular formula is C13H20FNO3S. The van der Waals surface area contributed by atoms with Crippen molar-refractivity contribution in [1.82, 2.24) is 0 Å². The molecule has 0 aromatic heterocycles. The van der Waals surface area contributed by atoms with Crippen LogP contribution in [-0.4, -0.2) is 26.0 Å². The van der Waals surface area contributed by atoms with Gasteiger partial charge in [-0.15, -0.1) is 0 Å². The Balaban J connectivity index is 2.75. The summed E-state index contributed by atoms with van der Waals surface area (Å²) in [6, 6.07) is 3.76. The molecule has 0 amide bonds. The zero-order valence-electron chi connectivity index (χ0n) is 11.4. The zero-order valence-corrected chi connectivity index (χ0v) is 12.2. The van der Waals surface area contributed by atoms with Gasteiger partial charge in [-0.25, -0.2) is 12.8 Å². The summed E-state index contributed by atoms with van der Waals surface area (Å²) < 4.78 is 41.8. The van der Waals surface area contributed by atoms with Crippen molar-refractivity contribution in [3.63, 3.8) is 0 Å². The van der Waals surface area contributed by atoms with Gasteiger partial charge in [0.2, 0.25) is 0 Å². The molecule has 0 saturated heterocycles. The quantitative estimate of drug-likeness (QED) is 0.870. The normalized spacial score (nSPS) is 13.6. The summed E-state index contributed by atoms with van der Waals surface area (Å²) in [5, 5.41) is -0.448. The predicted octanol–water partition coefficient (Wildman–Crippen LogP) is 2.05. The number of halogens is 1. The second-order valence-electron chi connectivity index (χ2n) is 4.74. The number of benzene rings is 1. The highest BCUT2D eigenvalue weighted by atomic mass is 32.2. The summed E-state index contributed by atoms with van der Waals surface area (Å²) in [7, 11) is -3.16. The first kappa shape index (κ1) is 15.9. The van der Waals surface area contributed by atoms with Crippen LogP contribution in [0, 0.1) is 5.82 Å². The highest BCUT2D eigenvalue weighted by Crippen LogP contribution is 2.24. The number of sulfone groups is 1. The molecule has 0 spiro atoms. The van der Waals surface area contributed by atoms with Gasteiger partial charge in [-0.1, -0.05) is 6.07 Å². The largest absolute Gasteiger partial charge is 0.492 e. The Kier molecular flexibility index (Phi) is 5.31. The molecule has 1 aromatic rings. The molecule has 1 unspecified atom stereocenters. The molecule has 0 aliphatic rings. The van der Waals surface area contributed by atoms with E-state index in [1.807, 2.05) is 0 Å². The van der Waals surface area contributed by atoms with E-state index in [9.17, 15) is 12.8 Å². The van der Waals surface area contributed by atoms with Crippen LogP contribution >= 0.6 is 0 Å². The van der Waals surface area contributed by atoms with E-state index in [0.717, 1.165) is 0 Å². The minimum atomic E-state index is -3.16. The van der Waals surface area contributed by atoms with Crippen LogP contribution in [0.4, 0.5) is 4.39 Å². The monoisotopic (exact) mass is 289 g/mol. The molecule has 0 aliphatic heterocycles. The van der Waals surface area contributed by atoms with Crippen LogP contribution in [-0.2, 0) is 9.84 Å². The third kappa shape index (κ3) is 4.47. The van der Waals surface area contributed by atoms with Crippen LogP contribution in [0.15, 0.2) is 18.2 Å². The van der Waals surface area contributed by atoms with Gasteiger partial charge in [-0.2, -0.15) is 0 Å². The maximum Gasteiger partial charge on any atom is 0.155 e. The number of ether oxygens (including phenoxy) is 1. The average Bonchev–Trinajstić information content (AvgIpc) is 2.28. The molecule has 1 atom stereocenters. The van der Waals surface area contributed by atoms with Crippen molar-refractivity contribution >= 4 is 9.84 Å². The standard InChI is InChI=1S/C13H20FNO3S/c1-9(2)19(16,17)7-6-18-13-8-11(14)4-5-12(13)10(3)15/h4-5,8-10H,6-7,15H2,1-3H3. The van der Waals surface area contributed by atoms with Crippen molar-refractivity contribution in [3.8, 4) is 5.75 Å². The molecule has 0 heterocycles. The van der Waals surface area contributed by atoms with Gasteiger partial charge in [-0.3, -0.25) is 0 Å². The molecule has 6 heteroatoms. The van der Waals surface area contributed by atoms with E-state index in [4.69, 9.17) is 10.5 Å². The van der Waals surface area contributed by atoms with E-state index in [0.29, 0.717) is 11.3 Å². The number of hydrogen-bond donors (Lipinski definition) is 1. The Bertz CT molecular complexity index is 527. The molecule has 4 nitrogen and oxygen atoms in total. The van der Waals surface area contributed by atoms with E-state index in [-0.39, 0.29) is 18.4 Å². The predicted molar refractivity (Wildman–Crippen MR) is 73.4 cm³/mol. The van der Waals surface area contributed by atoms with Crippen LogP contribution in [0.3, 0.4) is 0 Å². The Hall–Kier alpha value is -1.14. The molecule has 0 radical (unpaired) electrons. The molecule has 1 rings (SSSR count). The van der Waals surface area contributed by atoms with E-state index >= 15 is 0 Å². The molecule has 0 aliphatic carbocycles. The van der Waals surface area contributed by atoms with Crippen LogP contribution in [0.5, 0.6) is 5.75 Å². The Morgan fingerprint density at radius 1 is 1.32 bits per heavy atom. The lowest BCUT2D eigenvalue weighted by atomic mass is 10.1. The van der Waals surface area contributed by atoms with Crippen molar-refractivity contribution in [2.24, 2.45) is 5.73 Å². The van der Waals surface area contributed by atoms with Gasteiger partial charge in [0.25, 0.3) is 0 Å². The Labute approximate surface area is 113 Å². The van der Waals surface area contributed by atoms with E-state index in [2.05, 4.69) is 0 Å². The fourth-order valence-electron chi connectivity index (χ4n) is 1.51. The summed E-state index contributed by atoms with van der Waals surface area (Å²) >= 11 is 0. The number of hydrogen-bond acceptors (Lipinski definition) is 4. The van der Waals surface area contributed by atoms with E-state index < -0.39 is 20.9 Å². The van der Waals surface area contributed by atoms with Gasteiger partial charge < -0.3 is 10.5 Å². The van der Waals surface area contributed by atoms with Gasteiger partial charge in [0, 0.05) is 17.7 Å². The fourth-order valence-corrected chi connectivity index (χ4v) is 2.30. The average molecular weight is 289 g/mol. The number of nitrogens with two attached hydrogens (primary N) is 1. The van der Waals surface area contributed by atoms with E-state index in [1.54, 1.807) is 26.8 Å². The Morgan fingerprint density at radius 3 is 2.47 bits per heavy atom. The highest BCUT2D eigenvalue weighted by molar-refractivity contribution is 7.91. The molecule has 108 valence electrons. The van der Waals surface area contributed by atoms with Crippen LogP contribution < -0.4 is 10.5 Å². The first-order valence-corrected chi connectivity index (χ1v) is 7.85. The third-order valence-corrected chi connectivity index (χ3v) is 4.98. The summed E-state index contributed by atoms with van der Waals surface area (Å²) in [5.41, 5.74) is 6.41. The fraction of sp³-hybridized carbons (Fsp3) is 0.538. The van der Waals surface area contributed by atoms with Gasteiger partial charge in [-0.05, 0) is 26.8 Å². The molecule has 0 bridgehead atoms. The van der Waals surface area contributed by atoms with Crippen LogP contribution in [0.25, 0.3) is 0 Å². The van der Waals surface area contributed by atoms with Gasteiger partial charge in [0.1, 0.15) is 18.2 Å². The van der Waals surface area contributed by atoms with Crippen molar-refractivity contribution in [2.75, 3.05) is 12.4 Å². The minimum Gasteiger partial charge on any atom is -0.492 e. The maximum atomic E-state index is 13.2. The SMILES string of the molecule is CC(N)c1ccc(F)cc1OCCS(=O)(=O)C(C)C. The first-order valence-electron chi connectivity index (χ1n) is 6.13. The third-order valence-electron chi connectivity index (χ3n) is 2.81. The summed E-state index contributed by atoms with van der Waals surface area (Å²) in [6.45, 7) is 4.98. The topological polar surface area (TPSA) is 69.4 Å². The summed E-state index contributed by atoms with van der Waals surface area (Å²) in [4.78, 5) is 0. The second-order valence-corrected chi connectivity index (χ2v) is 7.41. The lowest BCUT2D eigenvalue weighted by Crippen LogP contribution is -2.22. The van der Waals surface area contributed by atoms with Crippen molar-refractivity contribution in [2.45, 2.75) is 32.1 Å². The first-order chi connectivity index (χ1) is 8.74. The molecular weight excluding hydrogens is 269 g/mol. The van der Waals surface area contributed by atoms with Crippen molar-refractivity contribution < 1.29 is 17.5 Å². The van der Waals surface area contributed by atoms with Gasteiger partial charge in [0.15, 0.2) is 9.84 Å². The molecule has 2 N–H and O–H groups in total. The molecule has 0 fully saturated rings. The van der Waals surface area contributed by atoms with Gasteiger partial charge in [0.05, 0.1) is 11.0 Å².